The van der Waals surface area contributed by atoms with Crippen LogP contribution in [0.2, 0.25) is 0 Å². The minimum Gasteiger partial charge on any atom is -0.477 e. The lowest BCUT2D eigenvalue weighted by molar-refractivity contribution is 0.0688. The third-order valence-corrected chi connectivity index (χ3v) is 3.25. The van der Waals surface area contributed by atoms with E-state index >= 15 is 0 Å². The average molecular weight is 281 g/mol. The van der Waals surface area contributed by atoms with E-state index in [1.165, 1.54) is 0 Å². The molecule has 1 aliphatic carbocycles. The van der Waals surface area contributed by atoms with Crippen molar-refractivity contribution in [1.82, 2.24) is 9.38 Å². The van der Waals surface area contributed by atoms with E-state index in [4.69, 9.17) is 0 Å². The fraction of sp³-hybridized carbons (Fsp3) is 0.273. The number of rotatable bonds is 2. The Balaban J connectivity index is 2.33. The fourth-order valence-corrected chi connectivity index (χ4v) is 2.23. The maximum Gasteiger partial charge on any atom is 0.354 e. The summed E-state index contributed by atoms with van der Waals surface area (Å²) in [7, 11) is 0. The first kappa shape index (κ1) is 9.84. The zero-order valence-corrected chi connectivity index (χ0v) is 9.94. The van der Waals surface area contributed by atoms with Gasteiger partial charge in [-0.2, -0.15) is 0 Å². The van der Waals surface area contributed by atoms with Crippen LogP contribution in [0.1, 0.15) is 34.9 Å². The number of imidazole rings is 1. The normalized spacial score (nSPS) is 15.6. The van der Waals surface area contributed by atoms with Gasteiger partial charge < -0.3 is 5.11 Å². The molecule has 1 fully saturated rings. The first-order valence-electron chi connectivity index (χ1n) is 5.07. The molecule has 2 heterocycles. The first-order valence-corrected chi connectivity index (χ1v) is 5.87. The van der Waals surface area contributed by atoms with Gasteiger partial charge in [-0.25, -0.2) is 9.78 Å². The minimum absolute atomic E-state index is 0.304. The van der Waals surface area contributed by atoms with Gasteiger partial charge in [0.15, 0.2) is 5.69 Å². The van der Waals surface area contributed by atoms with Gasteiger partial charge in [0, 0.05) is 16.6 Å². The monoisotopic (exact) mass is 280 g/mol. The highest BCUT2D eigenvalue weighted by Gasteiger charge is 2.32. The summed E-state index contributed by atoms with van der Waals surface area (Å²) >= 11 is 3.34. The molecule has 82 valence electrons. The molecular formula is C11H9BrN2O2. The van der Waals surface area contributed by atoms with Gasteiger partial charge in [-0.15, -0.1) is 0 Å². The molecule has 0 aromatic carbocycles. The molecule has 0 radical (unpaired) electrons. The van der Waals surface area contributed by atoms with Gasteiger partial charge in [0.25, 0.3) is 0 Å². The number of aromatic carboxylic acids is 1. The molecule has 1 aliphatic rings. The van der Waals surface area contributed by atoms with Gasteiger partial charge in [0.1, 0.15) is 5.65 Å². The van der Waals surface area contributed by atoms with E-state index < -0.39 is 5.97 Å². The van der Waals surface area contributed by atoms with Gasteiger partial charge in [-0.1, -0.05) is 0 Å². The number of hydrogen-bond acceptors (Lipinski definition) is 2. The summed E-state index contributed by atoms with van der Waals surface area (Å²) in [6, 6.07) is 3.69. The van der Waals surface area contributed by atoms with Crippen molar-refractivity contribution in [3.8, 4) is 0 Å². The molecule has 16 heavy (non-hydrogen) atoms. The summed E-state index contributed by atoms with van der Waals surface area (Å²) in [5.74, 6) is -0.572. The fourth-order valence-electron chi connectivity index (χ4n) is 1.89. The number of halogens is 1. The summed E-state index contributed by atoms with van der Waals surface area (Å²) in [6.07, 6.45) is 3.84. The van der Waals surface area contributed by atoms with E-state index in [-0.39, 0.29) is 0 Å². The largest absolute Gasteiger partial charge is 0.477 e. The Morgan fingerprint density at radius 1 is 1.50 bits per heavy atom. The molecule has 4 nitrogen and oxygen atoms in total. The van der Waals surface area contributed by atoms with E-state index in [1.54, 1.807) is 10.6 Å². The quantitative estimate of drug-likeness (QED) is 0.920. The van der Waals surface area contributed by atoms with Crippen LogP contribution in [0.15, 0.2) is 22.8 Å². The molecule has 1 saturated carbocycles. The molecular weight excluding hydrogens is 272 g/mol. The van der Waals surface area contributed by atoms with Crippen molar-refractivity contribution in [3.63, 3.8) is 0 Å². The Labute approximate surface area is 100 Å². The van der Waals surface area contributed by atoms with E-state index in [0.717, 1.165) is 23.0 Å². The van der Waals surface area contributed by atoms with E-state index in [9.17, 15) is 9.90 Å². The first-order chi connectivity index (χ1) is 7.66. The van der Waals surface area contributed by atoms with E-state index in [2.05, 4.69) is 20.9 Å². The Morgan fingerprint density at radius 2 is 2.25 bits per heavy atom. The maximum atomic E-state index is 11.3. The predicted octanol–water partition coefficient (Wildman–Crippen LogP) is 2.67. The number of hydrogen-bond donors (Lipinski definition) is 1. The lowest BCUT2D eigenvalue weighted by Gasteiger charge is -1.98. The van der Waals surface area contributed by atoms with Crippen LogP contribution in [0.25, 0.3) is 5.65 Å². The average Bonchev–Trinajstić information content (AvgIpc) is 2.99. The second-order valence-corrected chi connectivity index (χ2v) is 4.92. The molecule has 0 spiro atoms. The molecule has 0 unspecified atom stereocenters. The second-order valence-electron chi connectivity index (χ2n) is 4.00. The van der Waals surface area contributed by atoms with Gasteiger partial charge in [-0.05, 0) is 40.9 Å². The van der Waals surface area contributed by atoms with Crippen molar-refractivity contribution in [2.45, 2.75) is 18.8 Å². The molecule has 0 bridgehead atoms. The highest BCUT2D eigenvalue weighted by molar-refractivity contribution is 9.10. The zero-order chi connectivity index (χ0) is 11.3. The predicted molar refractivity (Wildman–Crippen MR) is 61.8 cm³/mol. The third kappa shape index (κ3) is 1.43. The smallest absolute Gasteiger partial charge is 0.354 e. The number of pyridine rings is 1. The molecule has 0 saturated heterocycles. The summed E-state index contributed by atoms with van der Waals surface area (Å²) in [5, 5.41) is 9.24. The standard InChI is InChI=1S/C11H9BrN2O2/c12-7-3-4-8-13-9(6-1-2-6)10(11(15)16)14(8)5-7/h3-6H,1-2H2,(H,15,16). The van der Waals surface area contributed by atoms with Crippen molar-refractivity contribution in [2.24, 2.45) is 0 Å². The molecule has 0 amide bonds. The Morgan fingerprint density at radius 3 is 2.88 bits per heavy atom. The van der Waals surface area contributed by atoms with Crippen molar-refractivity contribution in [1.29, 1.82) is 0 Å². The van der Waals surface area contributed by atoms with Crippen molar-refractivity contribution in [2.75, 3.05) is 0 Å². The van der Waals surface area contributed by atoms with Crippen LogP contribution in [0, 0.1) is 0 Å². The van der Waals surface area contributed by atoms with Crippen molar-refractivity contribution < 1.29 is 9.90 Å². The van der Waals surface area contributed by atoms with Crippen LogP contribution in [-0.2, 0) is 0 Å². The molecule has 0 atom stereocenters. The number of fused-ring (bicyclic) bond motifs is 1. The highest BCUT2D eigenvalue weighted by atomic mass is 79.9. The van der Waals surface area contributed by atoms with E-state index in [0.29, 0.717) is 17.3 Å². The number of carboxylic acids is 1. The molecule has 1 N–H and O–H groups in total. The summed E-state index contributed by atoms with van der Waals surface area (Å²) in [4.78, 5) is 15.7. The van der Waals surface area contributed by atoms with Crippen LogP contribution < -0.4 is 0 Å². The number of carbonyl (C=O) groups is 1. The SMILES string of the molecule is O=C(O)c1c(C2CC2)nc2ccc(Br)cn12. The Hall–Kier alpha value is -1.36. The number of carboxylic acid groups (broad SMARTS) is 1. The van der Waals surface area contributed by atoms with E-state index in [1.807, 2.05) is 12.1 Å². The van der Waals surface area contributed by atoms with Crippen molar-refractivity contribution >= 4 is 27.5 Å². The summed E-state index contributed by atoms with van der Waals surface area (Å²) < 4.78 is 2.49. The van der Waals surface area contributed by atoms with Gasteiger partial charge in [0.2, 0.25) is 0 Å². The highest BCUT2D eigenvalue weighted by Crippen LogP contribution is 2.41. The second kappa shape index (κ2) is 3.31. The minimum atomic E-state index is -0.910. The molecule has 3 rings (SSSR count). The molecule has 2 aromatic heterocycles. The van der Waals surface area contributed by atoms with Crippen molar-refractivity contribution in [3.05, 3.63) is 34.2 Å². The maximum absolute atomic E-state index is 11.3. The van der Waals surface area contributed by atoms with Gasteiger partial charge in [0.05, 0.1) is 5.69 Å². The Kier molecular flexibility index (Phi) is 2.04. The molecule has 2 aromatic rings. The third-order valence-electron chi connectivity index (χ3n) is 2.78. The topological polar surface area (TPSA) is 54.6 Å². The molecule has 0 aliphatic heterocycles. The van der Waals surface area contributed by atoms with Crippen LogP contribution in [-0.4, -0.2) is 20.5 Å². The summed E-state index contributed by atoms with van der Waals surface area (Å²) in [6.45, 7) is 0. The zero-order valence-electron chi connectivity index (χ0n) is 8.35. The van der Waals surface area contributed by atoms with Crippen LogP contribution in [0.3, 0.4) is 0 Å². The molecule has 5 heteroatoms. The lowest BCUT2D eigenvalue weighted by Crippen LogP contribution is -2.04. The van der Waals surface area contributed by atoms with Crippen LogP contribution in [0.5, 0.6) is 0 Å². The summed E-state index contributed by atoms with van der Waals surface area (Å²) in [5.41, 5.74) is 1.73. The number of nitrogens with zero attached hydrogens (tertiary/aromatic N) is 2. The lowest BCUT2D eigenvalue weighted by atomic mass is 10.2. The Bertz CT molecular complexity index is 587. The van der Waals surface area contributed by atoms with Crippen LogP contribution in [0.4, 0.5) is 0 Å². The van der Waals surface area contributed by atoms with Crippen LogP contribution >= 0.6 is 15.9 Å². The van der Waals surface area contributed by atoms with Gasteiger partial charge in [-0.3, -0.25) is 4.40 Å². The number of aromatic nitrogens is 2. The van der Waals surface area contributed by atoms with Gasteiger partial charge >= 0.3 is 5.97 Å².